The number of hydrogen-bond acceptors (Lipinski definition) is 4. The maximum Gasteiger partial charge on any atom is 0.241 e. The van der Waals surface area contributed by atoms with Crippen LogP contribution in [0.25, 0.3) is 0 Å². The lowest BCUT2D eigenvalue weighted by Gasteiger charge is -2.15. The van der Waals surface area contributed by atoms with Crippen molar-refractivity contribution in [1.29, 1.82) is 0 Å². The molecule has 140 valence electrons. The molecule has 0 aliphatic carbocycles. The molecule has 0 heterocycles. The van der Waals surface area contributed by atoms with Crippen LogP contribution >= 0.6 is 0 Å². The van der Waals surface area contributed by atoms with Crippen molar-refractivity contribution >= 4 is 10.0 Å². The topological polar surface area (TPSA) is 64.6 Å². The van der Waals surface area contributed by atoms with Crippen LogP contribution in [0.4, 0.5) is 0 Å². The highest BCUT2D eigenvalue weighted by atomic mass is 32.2. The summed E-state index contributed by atoms with van der Waals surface area (Å²) < 4.78 is 38.8. The van der Waals surface area contributed by atoms with E-state index >= 15 is 0 Å². The van der Waals surface area contributed by atoms with Crippen molar-refractivity contribution in [2.24, 2.45) is 0 Å². The van der Waals surface area contributed by atoms with Crippen LogP contribution in [0.15, 0.2) is 83.8 Å². The van der Waals surface area contributed by atoms with Crippen LogP contribution in [0.3, 0.4) is 0 Å². The lowest BCUT2D eigenvalue weighted by atomic mass is 10.1. The third-order valence-corrected chi connectivity index (χ3v) is 5.62. The predicted octanol–water partition coefficient (Wildman–Crippen LogP) is 4.53. The number of hydrogen-bond donors (Lipinski definition) is 1. The van der Waals surface area contributed by atoms with Crippen molar-refractivity contribution in [3.8, 4) is 17.2 Å². The molecule has 1 atom stereocenters. The zero-order valence-corrected chi connectivity index (χ0v) is 15.9. The van der Waals surface area contributed by atoms with Gasteiger partial charge in [-0.2, -0.15) is 0 Å². The van der Waals surface area contributed by atoms with E-state index in [1.165, 1.54) is 12.1 Å². The smallest absolute Gasteiger partial charge is 0.241 e. The minimum absolute atomic E-state index is 0.184. The summed E-state index contributed by atoms with van der Waals surface area (Å²) in [6.07, 6.45) is 0. The molecule has 3 rings (SSSR count). The summed E-state index contributed by atoms with van der Waals surface area (Å²) in [5.74, 6) is 1.99. The van der Waals surface area contributed by atoms with E-state index in [2.05, 4.69) is 4.72 Å². The number of rotatable bonds is 7. The van der Waals surface area contributed by atoms with Crippen molar-refractivity contribution in [3.05, 3.63) is 84.4 Å². The van der Waals surface area contributed by atoms with Crippen molar-refractivity contribution < 1.29 is 17.9 Å². The molecule has 0 amide bonds. The Morgan fingerprint density at radius 3 is 1.93 bits per heavy atom. The minimum Gasteiger partial charge on any atom is -0.497 e. The number of para-hydroxylation sites is 1. The zero-order chi connectivity index (χ0) is 19.3. The standard InChI is InChI=1S/C21H21NO4S/c1-16(17-8-10-18(25-2)11-9-17)22-27(23,24)21-14-12-20(13-15-21)26-19-6-4-3-5-7-19/h3-16,22H,1-2H3/t16-/m1/s1. The lowest BCUT2D eigenvalue weighted by Crippen LogP contribution is -2.26. The largest absolute Gasteiger partial charge is 0.497 e. The van der Waals surface area contributed by atoms with Gasteiger partial charge in [0.05, 0.1) is 12.0 Å². The fourth-order valence-electron chi connectivity index (χ4n) is 2.57. The normalized spacial score (nSPS) is 12.4. The monoisotopic (exact) mass is 383 g/mol. The van der Waals surface area contributed by atoms with E-state index in [0.717, 1.165) is 11.3 Å². The minimum atomic E-state index is -3.65. The van der Waals surface area contributed by atoms with Crippen LogP contribution < -0.4 is 14.2 Å². The van der Waals surface area contributed by atoms with Crippen LogP contribution in [0, 0.1) is 0 Å². The molecule has 0 aliphatic rings. The first-order valence-corrected chi connectivity index (χ1v) is 9.95. The summed E-state index contributed by atoms with van der Waals surface area (Å²) in [5.41, 5.74) is 0.850. The Labute approximate surface area is 159 Å². The summed E-state index contributed by atoms with van der Waals surface area (Å²) in [6.45, 7) is 1.80. The average Bonchev–Trinajstić information content (AvgIpc) is 2.69. The Morgan fingerprint density at radius 2 is 1.33 bits per heavy atom. The number of methoxy groups -OCH3 is 1. The molecule has 0 unspecified atom stereocenters. The summed E-state index contributed by atoms with van der Waals surface area (Å²) in [6, 6.07) is 22.6. The molecule has 0 aliphatic heterocycles. The molecule has 0 spiro atoms. The van der Waals surface area contributed by atoms with E-state index in [0.29, 0.717) is 11.5 Å². The Balaban J connectivity index is 1.70. The molecule has 0 saturated heterocycles. The van der Waals surface area contributed by atoms with Crippen molar-refractivity contribution in [2.75, 3.05) is 7.11 Å². The average molecular weight is 383 g/mol. The van der Waals surface area contributed by atoms with Gasteiger partial charge in [0.2, 0.25) is 10.0 Å². The highest BCUT2D eigenvalue weighted by molar-refractivity contribution is 7.89. The van der Waals surface area contributed by atoms with Crippen LogP contribution in [-0.2, 0) is 10.0 Å². The molecule has 1 N–H and O–H groups in total. The molecule has 0 saturated carbocycles. The van der Waals surface area contributed by atoms with Crippen molar-refractivity contribution in [2.45, 2.75) is 17.9 Å². The van der Waals surface area contributed by atoms with E-state index in [4.69, 9.17) is 9.47 Å². The second kappa shape index (κ2) is 8.24. The first-order chi connectivity index (χ1) is 13.0. The third kappa shape index (κ3) is 4.87. The van der Waals surface area contributed by atoms with Crippen LogP contribution in [0.5, 0.6) is 17.2 Å². The molecule has 0 radical (unpaired) electrons. The van der Waals surface area contributed by atoms with Gasteiger partial charge in [0.1, 0.15) is 17.2 Å². The van der Waals surface area contributed by atoms with Gasteiger partial charge in [-0.25, -0.2) is 13.1 Å². The molecule has 5 nitrogen and oxygen atoms in total. The Hall–Kier alpha value is -2.83. The van der Waals surface area contributed by atoms with Crippen molar-refractivity contribution in [3.63, 3.8) is 0 Å². The first kappa shape index (κ1) is 18.9. The van der Waals surface area contributed by atoms with Gasteiger partial charge in [0, 0.05) is 6.04 Å². The van der Waals surface area contributed by atoms with Gasteiger partial charge in [-0.05, 0) is 61.0 Å². The summed E-state index contributed by atoms with van der Waals surface area (Å²) in [4.78, 5) is 0.184. The van der Waals surface area contributed by atoms with Gasteiger partial charge in [-0.1, -0.05) is 30.3 Å². The maximum atomic E-state index is 12.6. The molecule has 3 aromatic rings. The van der Waals surface area contributed by atoms with E-state index in [1.54, 1.807) is 38.3 Å². The molecule has 27 heavy (non-hydrogen) atoms. The lowest BCUT2D eigenvalue weighted by molar-refractivity contribution is 0.414. The molecule has 0 aromatic heterocycles. The highest BCUT2D eigenvalue weighted by Crippen LogP contribution is 2.24. The predicted molar refractivity (Wildman–Crippen MR) is 105 cm³/mol. The van der Waals surface area contributed by atoms with Crippen LogP contribution in [-0.4, -0.2) is 15.5 Å². The van der Waals surface area contributed by atoms with Crippen LogP contribution in [0.1, 0.15) is 18.5 Å². The first-order valence-electron chi connectivity index (χ1n) is 8.47. The maximum absolute atomic E-state index is 12.6. The number of ether oxygens (including phenoxy) is 2. The summed E-state index contributed by atoms with van der Waals surface area (Å²) in [5, 5.41) is 0. The quantitative estimate of drug-likeness (QED) is 0.651. The van der Waals surface area contributed by atoms with Gasteiger partial charge in [0.25, 0.3) is 0 Å². The van der Waals surface area contributed by atoms with Gasteiger partial charge in [0.15, 0.2) is 0 Å². The highest BCUT2D eigenvalue weighted by Gasteiger charge is 2.18. The van der Waals surface area contributed by atoms with Gasteiger partial charge < -0.3 is 9.47 Å². The Morgan fingerprint density at radius 1 is 0.778 bits per heavy atom. The fourth-order valence-corrected chi connectivity index (χ4v) is 3.80. The molecule has 6 heteroatoms. The summed E-state index contributed by atoms with van der Waals surface area (Å²) in [7, 11) is -2.06. The molecular formula is C21H21NO4S. The molecule has 0 bridgehead atoms. The van der Waals surface area contributed by atoms with E-state index < -0.39 is 10.0 Å². The Bertz CT molecular complexity index is 969. The number of benzene rings is 3. The third-order valence-electron chi connectivity index (χ3n) is 4.06. The van der Waals surface area contributed by atoms with Crippen LogP contribution in [0.2, 0.25) is 0 Å². The van der Waals surface area contributed by atoms with Gasteiger partial charge in [-0.15, -0.1) is 0 Å². The SMILES string of the molecule is COc1ccc([C@@H](C)NS(=O)(=O)c2ccc(Oc3ccccc3)cc2)cc1. The van der Waals surface area contributed by atoms with E-state index in [9.17, 15) is 8.42 Å². The number of sulfonamides is 1. The van der Waals surface area contributed by atoms with Gasteiger partial charge >= 0.3 is 0 Å². The zero-order valence-electron chi connectivity index (χ0n) is 15.1. The molecular weight excluding hydrogens is 362 g/mol. The molecule has 3 aromatic carbocycles. The fraction of sp³-hybridized carbons (Fsp3) is 0.143. The van der Waals surface area contributed by atoms with Crippen molar-refractivity contribution in [1.82, 2.24) is 4.72 Å². The second-order valence-electron chi connectivity index (χ2n) is 6.00. The second-order valence-corrected chi connectivity index (χ2v) is 7.72. The molecule has 0 fully saturated rings. The summed E-state index contributed by atoms with van der Waals surface area (Å²) >= 11 is 0. The van der Waals surface area contributed by atoms with E-state index in [1.807, 2.05) is 42.5 Å². The Kier molecular flexibility index (Phi) is 5.78. The number of nitrogens with one attached hydrogen (secondary N) is 1. The van der Waals surface area contributed by atoms with E-state index in [-0.39, 0.29) is 10.9 Å². The van der Waals surface area contributed by atoms with Gasteiger partial charge in [-0.3, -0.25) is 0 Å².